The van der Waals surface area contributed by atoms with Crippen molar-refractivity contribution < 1.29 is 19.4 Å². The molecule has 3 N–H and O–H groups in total. The summed E-state index contributed by atoms with van der Waals surface area (Å²) in [5.74, 6) is 0.314. The third-order valence-electron chi connectivity index (χ3n) is 2.02. The van der Waals surface area contributed by atoms with Crippen molar-refractivity contribution in [2.45, 2.75) is 16.7 Å². The van der Waals surface area contributed by atoms with Gasteiger partial charge in [-0.2, -0.15) is 0 Å². The number of carbonyl (C=O) groups is 1. The fourth-order valence-electron chi connectivity index (χ4n) is 1.28. The molecule has 0 heterocycles. The number of ether oxygens (including phenoxy) is 2. The van der Waals surface area contributed by atoms with Crippen LogP contribution in [0.3, 0.4) is 0 Å². The van der Waals surface area contributed by atoms with E-state index in [1.54, 1.807) is 26.4 Å². The number of hydrogen-bond acceptors (Lipinski definition) is 5. The third kappa shape index (κ3) is 4.16. The van der Waals surface area contributed by atoms with E-state index in [9.17, 15) is 4.79 Å². The Morgan fingerprint density at radius 3 is 2.59 bits per heavy atom. The molecule has 1 atom stereocenters. The summed E-state index contributed by atoms with van der Waals surface area (Å²) in [5, 5.41) is 8.13. The van der Waals surface area contributed by atoms with E-state index >= 15 is 0 Å². The van der Waals surface area contributed by atoms with Gasteiger partial charge in [-0.25, -0.2) is 0 Å². The van der Waals surface area contributed by atoms with Gasteiger partial charge in [-0.15, -0.1) is 11.8 Å². The van der Waals surface area contributed by atoms with Crippen molar-refractivity contribution in [1.82, 2.24) is 0 Å². The van der Waals surface area contributed by atoms with Crippen LogP contribution in [0.1, 0.15) is 6.42 Å². The van der Waals surface area contributed by atoms with Crippen LogP contribution in [0.2, 0.25) is 0 Å². The molecule has 0 aromatic heterocycles. The Kier molecular flexibility index (Phi) is 5.11. The maximum Gasteiger partial charge on any atom is 0.305 e. The zero-order valence-corrected chi connectivity index (χ0v) is 10.5. The first-order valence-electron chi connectivity index (χ1n) is 4.93. The molecule has 1 rings (SSSR count). The van der Waals surface area contributed by atoms with E-state index in [1.165, 1.54) is 11.8 Å². The average molecular weight is 257 g/mol. The second kappa shape index (κ2) is 6.36. The lowest BCUT2D eigenvalue weighted by molar-refractivity contribution is -0.136. The molecular weight excluding hydrogens is 242 g/mol. The van der Waals surface area contributed by atoms with Gasteiger partial charge < -0.3 is 20.3 Å². The number of benzene rings is 1. The summed E-state index contributed by atoms with van der Waals surface area (Å²) >= 11 is 1.28. The van der Waals surface area contributed by atoms with Gasteiger partial charge in [-0.05, 0) is 18.2 Å². The molecule has 0 aliphatic rings. The zero-order chi connectivity index (χ0) is 12.8. The normalized spacial score (nSPS) is 11.9. The van der Waals surface area contributed by atoms with E-state index in [2.05, 4.69) is 0 Å². The molecule has 94 valence electrons. The molecule has 0 saturated heterocycles. The van der Waals surface area contributed by atoms with E-state index in [0.717, 1.165) is 4.90 Å². The van der Waals surface area contributed by atoms with Gasteiger partial charge in [-0.1, -0.05) is 0 Å². The Morgan fingerprint density at radius 1 is 1.41 bits per heavy atom. The highest BCUT2D eigenvalue weighted by atomic mass is 32.2. The fourth-order valence-corrected chi connectivity index (χ4v) is 2.18. The number of carboxylic acid groups (broad SMARTS) is 1. The van der Waals surface area contributed by atoms with Gasteiger partial charge in [0.05, 0.1) is 26.0 Å². The monoisotopic (exact) mass is 257 g/mol. The lowest BCUT2D eigenvalue weighted by Crippen LogP contribution is -2.19. The summed E-state index contributed by atoms with van der Waals surface area (Å²) in [4.78, 5) is 11.3. The SMILES string of the molecule is COc1ccc(SC(N)CC(=O)O)cc1OC. The zero-order valence-electron chi connectivity index (χ0n) is 9.67. The molecule has 0 aliphatic heterocycles. The van der Waals surface area contributed by atoms with Gasteiger partial charge in [-0.3, -0.25) is 4.79 Å². The smallest absolute Gasteiger partial charge is 0.305 e. The first-order chi connectivity index (χ1) is 8.06. The molecule has 0 amide bonds. The summed E-state index contributed by atoms with van der Waals surface area (Å²) < 4.78 is 10.2. The maximum atomic E-state index is 10.5. The second-order valence-electron chi connectivity index (χ2n) is 3.27. The van der Waals surface area contributed by atoms with E-state index in [-0.39, 0.29) is 6.42 Å². The minimum absolute atomic E-state index is 0.0843. The van der Waals surface area contributed by atoms with Gasteiger partial charge >= 0.3 is 5.97 Å². The molecule has 1 unspecified atom stereocenters. The number of thioether (sulfide) groups is 1. The molecular formula is C11H15NO4S. The molecule has 0 saturated carbocycles. The van der Waals surface area contributed by atoms with Crippen LogP contribution < -0.4 is 15.2 Å². The lowest BCUT2D eigenvalue weighted by Gasteiger charge is -2.11. The first kappa shape index (κ1) is 13.7. The van der Waals surface area contributed by atoms with Crippen molar-refractivity contribution in [2.24, 2.45) is 5.73 Å². The van der Waals surface area contributed by atoms with E-state index in [1.807, 2.05) is 6.07 Å². The van der Waals surface area contributed by atoms with Gasteiger partial charge in [0.2, 0.25) is 0 Å². The summed E-state index contributed by atoms with van der Waals surface area (Å²) in [6, 6.07) is 5.34. The summed E-state index contributed by atoms with van der Waals surface area (Å²) in [7, 11) is 3.10. The van der Waals surface area contributed by atoms with Crippen LogP contribution in [0.4, 0.5) is 0 Å². The highest BCUT2D eigenvalue weighted by Gasteiger charge is 2.11. The van der Waals surface area contributed by atoms with Crippen LogP contribution in [0.15, 0.2) is 23.1 Å². The van der Waals surface area contributed by atoms with Gasteiger partial charge in [0.15, 0.2) is 11.5 Å². The standard InChI is InChI=1S/C11H15NO4S/c1-15-8-4-3-7(5-9(8)16-2)17-10(12)6-11(13)14/h3-5,10H,6,12H2,1-2H3,(H,13,14). The third-order valence-corrected chi connectivity index (χ3v) is 3.01. The lowest BCUT2D eigenvalue weighted by atomic mass is 10.3. The second-order valence-corrected chi connectivity index (χ2v) is 4.58. The number of methoxy groups -OCH3 is 2. The quantitative estimate of drug-likeness (QED) is 0.594. The molecule has 0 spiro atoms. The molecule has 6 heteroatoms. The molecule has 1 aromatic carbocycles. The van der Waals surface area contributed by atoms with Crippen LogP contribution in [0.5, 0.6) is 11.5 Å². The summed E-state index contributed by atoms with van der Waals surface area (Å²) in [6.07, 6.45) is -0.0843. The molecule has 1 aromatic rings. The van der Waals surface area contributed by atoms with Crippen molar-refractivity contribution in [3.8, 4) is 11.5 Å². The number of hydrogen-bond donors (Lipinski definition) is 2. The van der Waals surface area contributed by atoms with Crippen LogP contribution in [0.25, 0.3) is 0 Å². The first-order valence-corrected chi connectivity index (χ1v) is 5.81. The minimum atomic E-state index is -0.912. The largest absolute Gasteiger partial charge is 0.493 e. The predicted octanol–water partition coefficient (Wildman–Crippen LogP) is 1.56. The van der Waals surface area contributed by atoms with Crippen LogP contribution in [-0.2, 0) is 4.79 Å². The Bertz CT molecular complexity index is 397. The predicted molar refractivity (Wildman–Crippen MR) is 65.6 cm³/mol. The maximum absolute atomic E-state index is 10.5. The Hall–Kier alpha value is -1.40. The number of carboxylic acids is 1. The Labute approximate surface area is 104 Å². The van der Waals surface area contributed by atoms with Crippen LogP contribution in [-0.4, -0.2) is 30.7 Å². The van der Waals surface area contributed by atoms with Crippen LogP contribution >= 0.6 is 11.8 Å². The Morgan fingerprint density at radius 2 is 2.06 bits per heavy atom. The van der Waals surface area contributed by atoms with Gasteiger partial charge in [0.25, 0.3) is 0 Å². The minimum Gasteiger partial charge on any atom is -0.493 e. The van der Waals surface area contributed by atoms with Crippen molar-refractivity contribution >= 4 is 17.7 Å². The van der Waals surface area contributed by atoms with Crippen molar-refractivity contribution in [1.29, 1.82) is 0 Å². The molecule has 0 fully saturated rings. The van der Waals surface area contributed by atoms with Crippen LogP contribution in [0, 0.1) is 0 Å². The number of rotatable bonds is 6. The molecule has 17 heavy (non-hydrogen) atoms. The van der Waals surface area contributed by atoms with Crippen molar-refractivity contribution in [3.05, 3.63) is 18.2 Å². The average Bonchev–Trinajstić information content (AvgIpc) is 2.27. The van der Waals surface area contributed by atoms with Crippen molar-refractivity contribution in [2.75, 3.05) is 14.2 Å². The van der Waals surface area contributed by atoms with Gasteiger partial charge in [0, 0.05) is 4.90 Å². The molecule has 0 aliphatic carbocycles. The van der Waals surface area contributed by atoms with E-state index in [0.29, 0.717) is 11.5 Å². The van der Waals surface area contributed by atoms with E-state index < -0.39 is 11.3 Å². The number of nitrogens with two attached hydrogens (primary N) is 1. The van der Waals surface area contributed by atoms with E-state index in [4.69, 9.17) is 20.3 Å². The fraction of sp³-hybridized carbons (Fsp3) is 0.364. The topological polar surface area (TPSA) is 81.8 Å². The highest BCUT2D eigenvalue weighted by molar-refractivity contribution is 7.99. The molecule has 5 nitrogen and oxygen atoms in total. The van der Waals surface area contributed by atoms with Crippen molar-refractivity contribution in [3.63, 3.8) is 0 Å². The molecule has 0 bridgehead atoms. The van der Waals surface area contributed by atoms with Gasteiger partial charge in [0.1, 0.15) is 0 Å². The highest BCUT2D eigenvalue weighted by Crippen LogP contribution is 2.33. The molecule has 0 radical (unpaired) electrons. The number of aliphatic carboxylic acids is 1. The summed E-state index contributed by atoms with van der Waals surface area (Å²) in [5.41, 5.74) is 5.68. The summed E-state index contributed by atoms with van der Waals surface area (Å²) in [6.45, 7) is 0. The Balaban J connectivity index is 2.75.